The van der Waals surface area contributed by atoms with Crippen LogP contribution in [0.4, 0.5) is 0 Å². The Morgan fingerprint density at radius 2 is 2.30 bits per heavy atom. The van der Waals surface area contributed by atoms with E-state index in [1.807, 2.05) is 6.08 Å². The summed E-state index contributed by atoms with van der Waals surface area (Å²) < 4.78 is 3.57. The van der Waals surface area contributed by atoms with Crippen LogP contribution in [0.3, 0.4) is 0 Å². The maximum absolute atomic E-state index is 8.84. The minimum absolute atomic E-state index is 0.0869. The van der Waals surface area contributed by atoms with E-state index in [0.717, 1.165) is 0 Å². The number of hydrogen-bond acceptors (Lipinski definition) is 1. The zero-order valence-corrected chi connectivity index (χ0v) is 9.04. The first-order chi connectivity index (χ1) is 4.77. The zero-order valence-electron chi connectivity index (χ0n) is 6.71. The van der Waals surface area contributed by atoms with Gasteiger partial charge in [0.25, 0.3) is 0 Å². The van der Waals surface area contributed by atoms with E-state index in [4.69, 9.17) is 5.11 Å². The van der Waals surface area contributed by atoms with Crippen molar-refractivity contribution in [3.8, 4) is 0 Å². The number of rotatable bonds is 5. The first-order valence-electron chi connectivity index (χ1n) is 3.73. The van der Waals surface area contributed by atoms with Crippen LogP contribution >= 0.6 is 0 Å². The molecule has 0 aromatic carbocycles. The van der Waals surface area contributed by atoms with Gasteiger partial charge in [0, 0.05) is 0 Å². The normalized spacial score (nSPS) is 14.3. The molecule has 0 aliphatic carbocycles. The van der Waals surface area contributed by atoms with Gasteiger partial charge in [0.15, 0.2) is 0 Å². The van der Waals surface area contributed by atoms with Gasteiger partial charge in [0.05, 0.1) is 0 Å². The maximum atomic E-state index is 8.84. The standard InChI is InChI=1S/C8H16OTe/c1-3-4-6-10-7-5-8(2)9/h5,7-9H,3-4,6H2,1-2H3/b7-5-. The summed E-state index contributed by atoms with van der Waals surface area (Å²) in [7, 11) is 0. The van der Waals surface area contributed by atoms with Crippen molar-refractivity contribution in [2.75, 3.05) is 0 Å². The Morgan fingerprint density at radius 1 is 1.60 bits per heavy atom. The van der Waals surface area contributed by atoms with Crippen LogP contribution in [0.2, 0.25) is 4.47 Å². The van der Waals surface area contributed by atoms with Crippen molar-refractivity contribution in [2.24, 2.45) is 0 Å². The molecule has 0 rings (SSSR count). The van der Waals surface area contributed by atoms with Gasteiger partial charge >= 0.3 is 73.5 Å². The average molecular weight is 256 g/mol. The van der Waals surface area contributed by atoms with Gasteiger partial charge in [-0.3, -0.25) is 0 Å². The molecule has 0 radical (unpaired) electrons. The summed E-state index contributed by atoms with van der Waals surface area (Å²) in [5.74, 6) is 0. The summed E-state index contributed by atoms with van der Waals surface area (Å²) >= 11 is 0.0869. The number of hydrogen-bond donors (Lipinski definition) is 1. The molecule has 1 nitrogen and oxygen atoms in total. The molecular weight excluding hydrogens is 240 g/mol. The van der Waals surface area contributed by atoms with Crippen LogP contribution in [0.1, 0.15) is 26.7 Å². The van der Waals surface area contributed by atoms with E-state index in [1.165, 1.54) is 17.3 Å². The van der Waals surface area contributed by atoms with E-state index < -0.39 is 0 Å². The number of aliphatic hydroxyl groups is 1. The second-order valence-corrected chi connectivity index (χ2v) is 5.19. The molecule has 0 aliphatic heterocycles. The Balaban J connectivity index is 3.02. The molecule has 10 heavy (non-hydrogen) atoms. The van der Waals surface area contributed by atoms with Gasteiger partial charge in [-0.25, -0.2) is 0 Å². The Labute approximate surface area is 73.6 Å². The molecule has 0 aliphatic rings. The number of unbranched alkanes of at least 4 members (excludes halogenated alkanes) is 1. The second kappa shape index (κ2) is 7.59. The van der Waals surface area contributed by atoms with Gasteiger partial charge in [0.1, 0.15) is 0 Å². The van der Waals surface area contributed by atoms with Crippen molar-refractivity contribution in [2.45, 2.75) is 37.3 Å². The summed E-state index contributed by atoms with van der Waals surface area (Å²) in [4.78, 5) is 0. The van der Waals surface area contributed by atoms with Crippen molar-refractivity contribution >= 4 is 20.9 Å². The summed E-state index contributed by atoms with van der Waals surface area (Å²) in [6, 6.07) is 0. The molecule has 0 saturated heterocycles. The monoisotopic (exact) mass is 258 g/mol. The molecule has 2 heteroatoms. The van der Waals surface area contributed by atoms with E-state index in [1.54, 1.807) is 6.92 Å². The van der Waals surface area contributed by atoms with Crippen LogP contribution < -0.4 is 0 Å². The summed E-state index contributed by atoms with van der Waals surface area (Å²) in [6.07, 6.45) is 4.31. The Hall–Kier alpha value is 0.490. The molecule has 0 spiro atoms. The molecule has 1 N–H and O–H groups in total. The van der Waals surface area contributed by atoms with Crippen LogP contribution in [0.5, 0.6) is 0 Å². The van der Waals surface area contributed by atoms with Crippen molar-refractivity contribution in [1.29, 1.82) is 0 Å². The Morgan fingerprint density at radius 3 is 2.80 bits per heavy atom. The third kappa shape index (κ3) is 8.49. The van der Waals surface area contributed by atoms with Crippen LogP contribution in [-0.2, 0) is 0 Å². The van der Waals surface area contributed by atoms with Crippen LogP contribution in [-0.4, -0.2) is 32.1 Å². The van der Waals surface area contributed by atoms with E-state index in [2.05, 4.69) is 11.0 Å². The average Bonchev–Trinajstić information content (AvgIpc) is 1.87. The Kier molecular flexibility index (Phi) is 7.97. The van der Waals surface area contributed by atoms with E-state index in [0.29, 0.717) is 0 Å². The first kappa shape index (κ1) is 10.5. The van der Waals surface area contributed by atoms with Gasteiger partial charge in [-0.05, 0) is 0 Å². The van der Waals surface area contributed by atoms with Crippen molar-refractivity contribution in [3.63, 3.8) is 0 Å². The fourth-order valence-corrected chi connectivity index (χ4v) is 3.12. The molecule has 0 aromatic rings. The predicted octanol–water partition coefficient (Wildman–Crippen LogP) is 1.80. The molecule has 0 aromatic heterocycles. The molecule has 0 fully saturated rings. The summed E-state index contributed by atoms with van der Waals surface area (Å²) in [6.45, 7) is 4.01. The molecule has 1 unspecified atom stereocenters. The van der Waals surface area contributed by atoms with Gasteiger partial charge in [-0.15, -0.1) is 0 Å². The van der Waals surface area contributed by atoms with Crippen LogP contribution in [0.15, 0.2) is 10.2 Å². The molecular formula is C8H16OTe. The van der Waals surface area contributed by atoms with E-state index in [-0.39, 0.29) is 27.0 Å². The molecule has 60 valence electrons. The fourth-order valence-electron chi connectivity index (χ4n) is 0.465. The minimum atomic E-state index is -0.244. The van der Waals surface area contributed by atoms with Crippen LogP contribution in [0.25, 0.3) is 0 Å². The van der Waals surface area contributed by atoms with Crippen molar-refractivity contribution < 1.29 is 5.11 Å². The zero-order chi connectivity index (χ0) is 7.82. The van der Waals surface area contributed by atoms with Crippen molar-refractivity contribution in [3.05, 3.63) is 10.2 Å². The molecule has 0 saturated carbocycles. The second-order valence-electron chi connectivity index (χ2n) is 2.29. The van der Waals surface area contributed by atoms with Gasteiger partial charge < -0.3 is 0 Å². The quantitative estimate of drug-likeness (QED) is 0.587. The topological polar surface area (TPSA) is 20.2 Å². The summed E-state index contributed by atoms with van der Waals surface area (Å²) in [5.41, 5.74) is 0. The summed E-state index contributed by atoms with van der Waals surface area (Å²) in [5, 5.41) is 8.84. The SMILES string of the molecule is CCCC[Te]/C=C\C(C)O. The molecule has 0 bridgehead atoms. The van der Waals surface area contributed by atoms with Crippen molar-refractivity contribution in [1.82, 2.24) is 0 Å². The molecule has 0 amide bonds. The number of aliphatic hydroxyl groups excluding tert-OH is 1. The van der Waals surface area contributed by atoms with E-state index >= 15 is 0 Å². The van der Waals surface area contributed by atoms with Gasteiger partial charge in [0.2, 0.25) is 0 Å². The predicted molar refractivity (Wildman–Crippen MR) is 46.3 cm³/mol. The third-order valence-electron chi connectivity index (χ3n) is 1.07. The fraction of sp³-hybridized carbons (Fsp3) is 0.750. The Bertz CT molecular complexity index is 89.3. The third-order valence-corrected chi connectivity index (χ3v) is 3.56. The first-order valence-corrected chi connectivity index (χ1v) is 6.73. The van der Waals surface area contributed by atoms with Gasteiger partial charge in [-0.2, -0.15) is 0 Å². The van der Waals surface area contributed by atoms with Gasteiger partial charge in [-0.1, -0.05) is 0 Å². The molecule has 0 heterocycles. The molecule has 1 atom stereocenters. The van der Waals surface area contributed by atoms with Crippen LogP contribution in [0, 0.1) is 0 Å². The van der Waals surface area contributed by atoms with E-state index in [9.17, 15) is 0 Å².